The maximum atomic E-state index is 11.2. The Hall–Kier alpha value is -2.13. The lowest BCUT2D eigenvalue weighted by atomic mass is 10.0. The molecular formula is C19H31N5O. The van der Waals surface area contributed by atoms with Crippen LogP contribution in [0.3, 0.4) is 0 Å². The van der Waals surface area contributed by atoms with Gasteiger partial charge in [-0.15, -0.1) is 0 Å². The second-order valence-electron chi connectivity index (χ2n) is 6.13. The minimum atomic E-state index is 0.416. The zero-order chi connectivity index (χ0) is 18.5. The van der Waals surface area contributed by atoms with Crippen molar-refractivity contribution < 1.29 is 4.79 Å². The number of carbonyl (C=O) groups excluding carboxylic acids is 1. The first-order valence-electron chi connectivity index (χ1n) is 9.02. The molecule has 1 aliphatic rings. The molecule has 138 valence electrons. The first kappa shape index (κ1) is 20.9. The lowest BCUT2D eigenvalue weighted by Crippen LogP contribution is -2.38. The monoisotopic (exact) mass is 345 g/mol. The number of hydrogen-bond donors (Lipinski definition) is 1. The van der Waals surface area contributed by atoms with Crippen LogP contribution in [0.5, 0.6) is 0 Å². The number of carbonyl (C=O) groups is 1. The van der Waals surface area contributed by atoms with Gasteiger partial charge in [0.05, 0.1) is 12.4 Å². The van der Waals surface area contributed by atoms with Crippen molar-refractivity contribution in [2.45, 2.75) is 39.5 Å². The van der Waals surface area contributed by atoms with Crippen molar-refractivity contribution >= 4 is 12.7 Å². The Morgan fingerprint density at radius 2 is 2.28 bits per heavy atom. The number of hydrogen-bond acceptors (Lipinski definition) is 5. The summed E-state index contributed by atoms with van der Waals surface area (Å²) in [5, 5.41) is 12.4. The molecule has 0 bridgehead atoms. The van der Waals surface area contributed by atoms with Gasteiger partial charge in [-0.05, 0) is 32.2 Å². The number of rotatable bonds is 8. The molecule has 25 heavy (non-hydrogen) atoms. The summed E-state index contributed by atoms with van der Waals surface area (Å²) in [5.41, 5.74) is 2.21. The van der Waals surface area contributed by atoms with Crippen LogP contribution in [0.2, 0.25) is 0 Å². The summed E-state index contributed by atoms with van der Waals surface area (Å²) in [6.07, 6.45) is 9.77. The van der Waals surface area contributed by atoms with Crippen LogP contribution in [-0.4, -0.2) is 55.8 Å². The van der Waals surface area contributed by atoms with E-state index in [0.717, 1.165) is 57.5 Å². The van der Waals surface area contributed by atoms with E-state index >= 15 is 0 Å². The third-order valence-corrected chi connectivity index (χ3v) is 4.51. The predicted octanol–water partition coefficient (Wildman–Crippen LogP) is 2.52. The minimum Gasteiger partial charge on any atom is -0.374 e. The molecular weight excluding hydrogens is 314 g/mol. The average Bonchev–Trinajstić information content (AvgIpc) is 2.61. The fraction of sp³-hybridized carbons (Fsp3) is 0.632. The largest absolute Gasteiger partial charge is 0.374 e. The van der Waals surface area contributed by atoms with Gasteiger partial charge in [0.25, 0.3) is 0 Å². The van der Waals surface area contributed by atoms with Crippen LogP contribution in [0.4, 0.5) is 0 Å². The number of aliphatic imine (C=N–C) groups is 1. The highest BCUT2D eigenvalue weighted by molar-refractivity contribution is 5.75. The highest BCUT2D eigenvalue weighted by Gasteiger charge is 2.16. The Bertz CT molecular complexity index is 532. The number of allylic oxidation sites excluding steroid dienone is 3. The van der Waals surface area contributed by atoms with E-state index in [4.69, 9.17) is 5.26 Å². The summed E-state index contributed by atoms with van der Waals surface area (Å²) in [6.45, 7) is 7.87. The SMILES string of the molecule is C/C=C(\C/C=C(\CC)N(C=O)/C=N\C)N1CCNCC(CC#N)CC1. The van der Waals surface area contributed by atoms with E-state index in [0.29, 0.717) is 12.3 Å². The molecule has 0 radical (unpaired) electrons. The summed E-state index contributed by atoms with van der Waals surface area (Å²) in [4.78, 5) is 19.1. The van der Waals surface area contributed by atoms with Crippen LogP contribution in [0, 0.1) is 17.2 Å². The predicted molar refractivity (Wildman–Crippen MR) is 102 cm³/mol. The molecule has 1 fully saturated rings. The van der Waals surface area contributed by atoms with Crippen LogP contribution in [-0.2, 0) is 4.79 Å². The topological polar surface area (TPSA) is 71.7 Å². The maximum absolute atomic E-state index is 11.2. The van der Waals surface area contributed by atoms with Gasteiger partial charge in [0.15, 0.2) is 0 Å². The summed E-state index contributed by atoms with van der Waals surface area (Å²) < 4.78 is 0. The van der Waals surface area contributed by atoms with E-state index in [9.17, 15) is 4.79 Å². The average molecular weight is 345 g/mol. The molecule has 1 rings (SSSR count). The Morgan fingerprint density at radius 1 is 1.48 bits per heavy atom. The highest BCUT2D eigenvalue weighted by atomic mass is 16.1. The fourth-order valence-corrected chi connectivity index (χ4v) is 3.04. The van der Waals surface area contributed by atoms with Crippen LogP contribution >= 0.6 is 0 Å². The van der Waals surface area contributed by atoms with Crippen molar-refractivity contribution in [1.29, 1.82) is 5.26 Å². The van der Waals surface area contributed by atoms with E-state index in [1.165, 1.54) is 10.6 Å². The first-order chi connectivity index (χ1) is 12.2. The zero-order valence-corrected chi connectivity index (χ0v) is 15.7. The maximum Gasteiger partial charge on any atom is 0.219 e. The van der Waals surface area contributed by atoms with Crippen molar-refractivity contribution in [1.82, 2.24) is 15.1 Å². The quantitative estimate of drug-likeness (QED) is 0.417. The molecule has 0 aromatic rings. The second-order valence-corrected chi connectivity index (χ2v) is 6.13. The van der Waals surface area contributed by atoms with Gasteiger partial charge in [0.2, 0.25) is 6.41 Å². The molecule has 0 spiro atoms. The van der Waals surface area contributed by atoms with E-state index in [1.807, 2.05) is 6.92 Å². The molecule has 1 aliphatic heterocycles. The highest BCUT2D eigenvalue weighted by Crippen LogP contribution is 2.18. The Labute approximate surface area is 151 Å². The van der Waals surface area contributed by atoms with E-state index in [2.05, 4.69) is 40.4 Å². The fourth-order valence-electron chi connectivity index (χ4n) is 3.04. The molecule has 0 saturated carbocycles. The number of nitrogens with one attached hydrogen (secondary N) is 1. The van der Waals surface area contributed by atoms with Gasteiger partial charge in [0, 0.05) is 50.9 Å². The van der Waals surface area contributed by atoms with Crippen molar-refractivity contribution in [3.8, 4) is 6.07 Å². The number of nitrogens with zero attached hydrogens (tertiary/aromatic N) is 4. The molecule has 1 heterocycles. The lowest BCUT2D eigenvalue weighted by Gasteiger charge is -2.31. The molecule has 0 aromatic heterocycles. The number of amides is 1. The first-order valence-corrected chi connectivity index (χ1v) is 9.02. The molecule has 0 aromatic carbocycles. The van der Waals surface area contributed by atoms with Gasteiger partial charge in [-0.25, -0.2) is 0 Å². The minimum absolute atomic E-state index is 0.416. The molecule has 1 unspecified atom stereocenters. The molecule has 0 aliphatic carbocycles. The zero-order valence-electron chi connectivity index (χ0n) is 15.7. The van der Waals surface area contributed by atoms with Crippen molar-refractivity contribution in [3.63, 3.8) is 0 Å². The molecule has 1 atom stereocenters. The Kier molecular flexibility index (Phi) is 10.3. The second kappa shape index (κ2) is 12.3. The molecule has 1 saturated heterocycles. The van der Waals surface area contributed by atoms with Gasteiger partial charge in [-0.2, -0.15) is 5.26 Å². The van der Waals surface area contributed by atoms with Crippen LogP contribution in [0.25, 0.3) is 0 Å². The van der Waals surface area contributed by atoms with E-state index in [1.54, 1.807) is 13.4 Å². The Morgan fingerprint density at radius 3 is 2.88 bits per heavy atom. The van der Waals surface area contributed by atoms with Crippen LogP contribution < -0.4 is 5.32 Å². The van der Waals surface area contributed by atoms with Crippen molar-refractivity contribution in [3.05, 3.63) is 23.5 Å². The van der Waals surface area contributed by atoms with Gasteiger partial charge in [-0.1, -0.05) is 19.1 Å². The smallest absolute Gasteiger partial charge is 0.219 e. The third kappa shape index (κ3) is 7.10. The molecule has 1 N–H and O–H groups in total. The van der Waals surface area contributed by atoms with E-state index in [-0.39, 0.29) is 0 Å². The van der Waals surface area contributed by atoms with Gasteiger partial charge in [0.1, 0.15) is 0 Å². The third-order valence-electron chi connectivity index (χ3n) is 4.51. The molecule has 6 nitrogen and oxygen atoms in total. The number of nitriles is 1. The summed E-state index contributed by atoms with van der Waals surface area (Å²) >= 11 is 0. The molecule has 6 heteroatoms. The normalized spacial score (nSPS) is 20.1. The van der Waals surface area contributed by atoms with Gasteiger partial charge in [-0.3, -0.25) is 14.7 Å². The standard InChI is InChI=1S/C19H31N5O/c1-4-18(6-7-19(5-2)24(16-25)15-21-3)23-12-9-17(8-10-20)14-22-11-13-23/h4,7,15-17,22H,5-6,8-9,11-14H2,1-3H3/b18-4+,19-7+,21-15-. The summed E-state index contributed by atoms with van der Waals surface area (Å²) in [7, 11) is 1.66. The van der Waals surface area contributed by atoms with E-state index < -0.39 is 0 Å². The van der Waals surface area contributed by atoms with Gasteiger partial charge >= 0.3 is 0 Å². The summed E-state index contributed by atoms with van der Waals surface area (Å²) in [5.74, 6) is 0.416. The molecule has 1 amide bonds. The lowest BCUT2D eigenvalue weighted by molar-refractivity contribution is -0.113. The Balaban J connectivity index is 2.78. The summed E-state index contributed by atoms with van der Waals surface area (Å²) in [6, 6.07) is 2.29. The van der Waals surface area contributed by atoms with Crippen molar-refractivity contribution in [2.75, 3.05) is 33.2 Å². The van der Waals surface area contributed by atoms with Crippen LogP contribution in [0.1, 0.15) is 39.5 Å². The van der Waals surface area contributed by atoms with Crippen LogP contribution in [0.15, 0.2) is 28.5 Å². The van der Waals surface area contributed by atoms with Crippen molar-refractivity contribution in [2.24, 2.45) is 10.9 Å². The van der Waals surface area contributed by atoms with Gasteiger partial charge < -0.3 is 10.2 Å².